The normalized spacial score (nSPS) is 17.0. The third-order valence-corrected chi connectivity index (χ3v) is 6.98. The lowest BCUT2D eigenvalue weighted by Gasteiger charge is -2.28. The van der Waals surface area contributed by atoms with E-state index in [-0.39, 0.29) is 6.03 Å². The number of nitrogens with one attached hydrogen (secondary N) is 2. The van der Waals surface area contributed by atoms with Crippen LogP contribution in [0.2, 0.25) is 0 Å². The van der Waals surface area contributed by atoms with Gasteiger partial charge in [-0.05, 0) is 60.9 Å². The van der Waals surface area contributed by atoms with Crippen molar-refractivity contribution in [2.24, 2.45) is 0 Å². The Bertz CT molecular complexity index is 977. The molecule has 2 atom stereocenters. The van der Waals surface area contributed by atoms with E-state index >= 15 is 0 Å². The number of rotatable bonds is 8. The number of alkyl halides is 1. The Morgan fingerprint density at radius 1 is 1.03 bits per heavy atom. The van der Waals surface area contributed by atoms with Crippen molar-refractivity contribution in [2.45, 2.75) is 55.2 Å². The molecule has 4 rings (SSSR count). The summed E-state index contributed by atoms with van der Waals surface area (Å²) >= 11 is 2.33. The fourth-order valence-corrected chi connectivity index (χ4v) is 4.75. The molecule has 0 bridgehead atoms. The molecule has 2 aromatic rings. The monoisotopic (exact) mass is 562 g/mol. The number of benzene rings is 2. The van der Waals surface area contributed by atoms with Crippen LogP contribution in [0.3, 0.4) is 0 Å². The third-order valence-electron chi connectivity index (χ3n) is 6.10. The molecule has 0 saturated carbocycles. The van der Waals surface area contributed by atoms with Crippen LogP contribution in [0, 0.1) is 0 Å². The van der Waals surface area contributed by atoms with E-state index in [0.29, 0.717) is 43.2 Å². The molecule has 0 radical (unpaired) electrons. The van der Waals surface area contributed by atoms with Crippen LogP contribution in [0.5, 0.6) is 11.5 Å². The molecule has 6 nitrogen and oxygen atoms in total. The van der Waals surface area contributed by atoms with Crippen LogP contribution >= 0.6 is 22.6 Å². The lowest BCUT2D eigenvalue weighted by Crippen LogP contribution is -2.45. The molecule has 33 heavy (non-hydrogen) atoms. The smallest absolute Gasteiger partial charge is 0.315 e. The van der Waals surface area contributed by atoms with Crippen LogP contribution in [0.1, 0.15) is 54.9 Å². The summed E-state index contributed by atoms with van der Waals surface area (Å²) in [7, 11) is 0. The fourth-order valence-electron chi connectivity index (χ4n) is 4.24. The predicted octanol–water partition coefficient (Wildman–Crippen LogP) is 5.18. The molecule has 3 N–H and O–H groups in total. The Kier molecular flexibility index (Phi) is 8.50. The van der Waals surface area contributed by atoms with Gasteiger partial charge < -0.3 is 25.2 Å². The highest BCUT2D eigenvalue weighted by atomic mass is 127. The van der Waals surface area contributed by atoms with Gasteiger partial charge in [0.15, 0.2) is 11.5 Å². The minimum atomic E-state index is -0.864. The first kappa shape index (κ1) is 23.9. The van der Waals surface area contributed by atoms with Crippen molar-refractivity contribution in [1.82, 2.24) is 10.6 Å². The van der Waals surface area contributed by atoms with Crippen LogP contribution in [0.25, 0.3) is 0 Å². The van der Waals surface area contributed by atoms with Gasteiger partial charge in [0.25, 0.3) is 0 Å². The van der Waals surface area contributed by atoms with E-state index in [1.165, 1.54) is 17.6 Å². The zero-order valence-corrected chi connectivity index (χ0v) is 20.8. The number of hydrogen-bond donors (Lipinski definition) is 3. The number of urea groups is 1. The number of aliphatic hydroxyl groups excluding tert-OH is 1. The Morgan fingerprint density at radius 3 is 2.52 bits per heavy atom. The molecule has 0 spiro atoms. The zero-order valence-electron chi connectivity index (χ0n) is 18.7. The van der Waals surface area contributed by atoms with Crippen LogP contribution in [0.15, 0.2) is 54.1 Å². The van der Waals surface area contributed by atoms with Gasteiger partial charge in [0.1, 0.15) is 13.2 Å². The molecule has 0 fully saturated rings. The number of carbonyl (C=O) groups excluding carboxylic acids is 1. The summed E-state index contributed by atoms with van der Waals surface area (Å²) in [5, 5.41) is 17.2. The molecule has 0 saturated heterocycles. The maximum Gasteiger partial charge on any atom is 0.315 e. The van der Waals surface area contributed by atoms with E-state index in [4.69, 9.17) is 9.47 Å². The van der Waals surface area contributed by atoms with Crippen molar-refractivity contribution >= 4 is 28.6 Å². The lowest BCUT2D eigenvalue weighted by molar-refractivity contribution is 0.127. The Morgan fingerprint density at radius 2 is 1.79 bits per heavy atom. The maximum atomic E-state index is 12.8. The number of fused-ring (bicyclic) bond motifs is 1. The SMILES string of the molecule is O=C(NCc1ccc(CI)cc1)NC(CC1=CCCCC1)C(O)c1ccc2c(c1)OCCO2. The molecular formula is C26H31IN2O4. The van der Waals surface area contributed by atoms with E-state index < -0.39 is 12.1 Å². The van der Waals surface area contributed by atoms with Gasteiger partial charge in [-0.15, -0.1) is 0 Å². The Balaban J connectivity index is 1.44. The van der Waals surface area contributed by atoms with E-state index in [2.05, 4.69) is 51.4 Å². The van der Waals surface area contributed by atoms with Crippen molar-refractivity contribution in [3.8, 4) is 11.5 Å². The summed E-state index contributed by atoms with van der Waals surface area (Å²) in [6.45, 7) is 1.44. The second kappa shape index (κ2) is 11.7. The molecular weight excluding hydrogens is 531 g/mol. The van der Waals surface area contributed by atoms with Gasteiger partial charge in [0, 0.05) is 11.0 Å². The summed E-state index contributed by atoms with van der Waals surface area (Å²) < 4.78 is 12.2. The largest absolute Gasteiger partial charge is 0.486 e. The van der Waals surface area contributed by atoms with E-state index in [0.717, 1.165) is 29.3 Å². The molecule has 2 amide bonds. The molecule has 7 heteroatoms. The van der Waals surface area contributed by atoms with E-state index in [1.54, 1.807) is 0 Å². The van der Waals surface area contributed by atoms with Gasteiger partial charge in [-0.3, -0.25) is 0 Å². The minimum Gasteiger partial charge on any atom is -0.486 e. The number of halogens is 1. The standard InChI is InChI=1S/C26H31IN2O4/c27-16-19-6-8-20(9-7-19)17-28-26(31)29-22(14-18-4-2-1-3-5-18)25(30)21-10-11-23-24(15-21)33-13-12-32-23/h4,6-11,15,22,25,30H,1-3,5,12-14,16-17H2,(H2,28,29,31). The molecule has 1 aliphatic heterocycles. The number of amides is 2. The predicted molar refractivity (Wildman–Crippen MR) is 137 cm³/mol. The molecule has 176 valence electrons. The quantitative estimate of drug-likeness (QED) is 0.235. The van der Waals surface area contributed by atoms with Crippen LogP contribution in [0.4, 0.5) is 4.79 Å². The number of carbonyl (C=O) groups is 1. The topological polar surface area (TPSA) is 79.8 Å². The van der Waals surface area contributed by atoms with Gasteiger partial charge in [-0.2, -0.15) is 0 Å². The number of hydrogen-bond acceptors (Lipinski definition) is 4. The van der Waals surface area contributed by atoms with Gasteiger partial charge in [0.2, 0.25) is 0 Å². The zero-order chi connectivity index (χ0) is 23.0. The first-order chi connectivity index (χ1) is 16.1. The highest BCUT2D eigenvalue weighted by Crippen LogP contribution is 2.34. The fraction of sp³-hybridized carbons (Fsp3) is 0.423. The number of ether oxygens (including phenoxy) is 2. The van der Waals surface area contributed by atoms with Crippen molar-refractivity contribution in [3.63, 3.8) is 0 Å². The molecule has 2 aromatic carbocycles. The summed E-state index contributed by atoms with van der Waals surface area (Å²) in [5.41, 5.74) is 4.29. The first-order valence-electron chi connectivity index (χ1n) is 11.6. The van der Waals surface area contributed by atoms with Crippen molar-refractivity contribution in [1.29, 1.82) is 0 Å². The molecule has 1 heterocycles. The number of aliphatic hydroxyl groups is 1. The average Bonchev–Trinajstić information content (AvgIpc) is 2.87. The number of allylic oxidation sites excluding steroid dienone is 1. The van der Waals surface area contributed by atoms with Gasteiger partial charge in [0.05, 0.1) is 12.1 Å². The molecule has 2 unspecified atom stereocenters. The summed E-state index contributed by atoms with van der Waals surface area (Å²) in [5.74, 6) is 1.32. The van der Waals surface area contributed by atoms with Crippen LogP contribution in [-0.4, -0.2) is 30.4 Å². The van der Waals surface area contributed by atoms with Gasteiger partial charge >= 0.3 is 6.03 Å². The second-order valence-corrected chi connectivity index (χ2v) is 9.31. The first-order valence-corrected chi connectivity index (χ1v) is 13.1. The van der Waals surface area contributed by atoms with E-state index in [1.807, 2.05) is 30.3 Å². The summed E-state index contributed by atoms with van der Waals surface area (Å²) in [6.07, 6.45) is 6.42. The van der Waals surface area contributed by atoms with Crippen molar-refractivity contribution < 1.29 is 19.4 Å². The van der Waals surface area contributed by atoms with Gasteiger partial charge in [-0.25, -0.2) is 4.79 Å². The highest BCUT2D eigenvalue weighted by Gasteiger charge is 2.26. The lowest BCUT2D eigenvalue weighted by atomic mass is 9.90. The van der Waals surface area contributed by atoms with Crippen molar-refractivity contribution in [2.75, 3.05) is 13.2 Å². The summed E-state index contributed by atoms with van der Waals surface area (Å²) in [4.78, 5) is 12.8. The van der Waals surface area contributed by atoms with Gasteiger partial charge in [-0.1, -0.05) is 64.6 Å². The van der Waals surface area contributed by atoms with Crippen LogP contribution in [-0.2, 0) is 11.0 Å². The Hall–Kier alpha value is -2.26. The third kappa shape index (κ3) is 6.63. The maximum absolute atomic E-state index is 12.8. The summed E-state index contributed by atoms with van der Waals surface area (Å²) in [6, 6.07) is 13.0. The van der Waals surface area contributed by atoms with Crippen molar-refractivity contribution in [3.05, 3.63) is 70.8 Å². The Labute approximate surface area is 208 Å². The highest BCUT2D eigenvalue weighted by molar-refractivity contribution is 14.1. The average molecular weight is 562 g/mol. The van der Waals surface area contributed by atoms with Crippen LogP contribution < -0.4 is 20.1 Å². The molecule has 1 aliphatic carbocycles. The van der Waals surface area contributed by atoms with E-state index in [9.17, 15) is 9.90 Å². The molecule has 2 aliphatic rings. The minimum absolute atomic E-state index is 0.286. The second-order valence-electron chi connectivity index (χ2n) is 8.54. The molecule has 0 aromatic heterocycles.